The van der Waals surface area contributed by atoms with Gasteiger partial charge in [-0.3, -0.25) is 0 Å². The highest BCUT2D eigenvalue weighted by Gasteiger charge is 2.26. The monoisotopic (exact) mass is 374 g/mol. The van der Waals surface area contributed by atoms with E-state index in [9.17, 15) is 0 Å². The third-order valence-electron chi connectivity index (χ3n) is 6.12. The van der Waals surface area contributed by atoms with E-state index in [1.165, 1.54) is 62.9 Å². The molecule has 0 saturated carbocycles. The third kappa shape index (κ3) is 3.19. The summed E-state index contributed by atoms with van der Waals surface area (Å²) in [6, 6.07) is 33.4. The van der Waals surface area contributed by atoms with Crippen molar-refractivity contribution in [1.29, 1.82) is 0 Å². The van der Waals surface area contributed by atoms with Gasteiger partial charge in [0.25, 0.3) is 0 Å². The first-order valence-corrected chi connectivity index (χ1v) is 10.7. The van der Waals surface area contributed by atoms with E-state index in [0.29, 0.717) is 0 Å². The standard InChI is InChI=1S/C29H26/c1-2-3-12-24-20-26-25-18-11-10-17-23(25)19-27(26)29(22-15-8-5-9-16-22)28(24)21-13-6-4-7-14-21/h4-11,13-18,20H,2-3,12,19H2,1H3. The Morgan fingerprint density at radius 1 is 0.655 bits per heavy atom. The molecule has 0 aliphatic heterocycles. The maximum Gasteiger partial charge on any atom is -0.000706 e. The van der Waals surface area contributed by atoms with E-state index in [0.717, 1.165) is 12.8 Å². The van der Waals surface area contributed by atoms with Crippen molar-refractivity contribution in [2.24, 2.45) is 0 Å². The van der Waals surface area contributed by atoms with Gasteiger partial charge in [0.1, 0.15) is 0 Å². The quantitative estimate of drug-likeness (QED) is 0.293. The molecule has 0 heteroatoms. The largest absolute Gasteiger partial charge is 0.0654 e. The number of unbranched alkanes of at least 4 members (excludes halogenated alkanes) is 1. The van der Waals surface area contributed by atoms with E-state index in [2.05, 4.69) is 97.9 Å². The lowest BCUT2D eigenvalue weighted by molar-refractivity contribution is 0.796. The minimum absolute atomic E-state index is 1.02. The molecular formula is C29H26. The van der Waals surface area contributed by atoms with Gasteiger partial charge in [0.05, 0.1) is 0 Å². The topological polar surface area (TPSA) is 0 Å². The van der Waals surface area contributed by atoms with Crippen LogP contribution in [0.2, 0.25) is 0 Å². The number of aryl methyl sites for hydroxylation is 1. The molecule has 0 atom stereocenters. The molecule has 29 heavy (non-hydrogen) atoms. The average Bonchev–Trinajstić information content (AvgIpc) is 3.16. The van der Waals surface area contributed by atoms with E-state index in [1.54, 1.807) is 0 Å². The lowest BCUT2D eigenvalue weighted by Crippen LogP contribution is -1.99. The van der Waals surface area contributed by atoms with Crippen molar-refractivity contribution in [3.05, 3.63) is 108 Å². The molecule has 4 aromatic carbocycles. The molecule has 0 aromatic heterocycles. The maximum atomic E-state index is 2.49. The summed E-state index contributed by atoms with van der Waals surface area (Å²) in [4.78, 5) is 0. The summed E-state index contributed by atoms with van der Waals surface area (Å²) < 4.78 is 0. The molecule has 0 N–H and O–H groups in total. The summed E-state index contributed by atoms with van der Waals surface area (Å²) >= 11 is 0. The molecule has 0 spiro atoms. The lowest BCUT2D eigenvalue weighted by Gasteiger charge is -2.20. The van der Waals surface area contributed by atoms with Gasteiger partial charge in [0.15, 0.2) is 0 Å². The Kier molecular flexibility index (Phi) is 4.77. The van der Waals surface area contributed by atoms with Gasteiger partial charge < -0.3 is 0 Å². The first-order valence-electron chi connectivity index (χ1n) is 10.7. The molecule has 0 saturated heterocycles. The Balaban J connectivity index is 1.85. The summed E-state index contributed by atoms with van der Waals surface area (Å²) in [5, 5.41) is 0. The Bertz CT molecular complexity index is 1140. The highest BCUT2D eigenvalue weighted by Crippen LogP contribution is 2.47. The van der Waals surface area contributed by atoms with E-state index in [1.807, 2.05) is 0 Å². The van der Waals surface area contributed by atoms with Crippen molar-refractivity contribution in [2.45, 2.75) is 32.6 Å². The molecule has 5 rings (SSSR count). The molecule has 0 amide bonds. The van der Waals surface area contributed by atoms with E-state index in [4.69, 9.17) is 0 Å². The predicted molar refractivity (Wildman–Crippen MR) is 124 cm³/mol. The summed E-state index contributed by atoms with van der Waals surface area (Å²) in [7, 11) is 0. The highest BCUT2D eigenvalue weighted by atomic mass is 14.3. The van der Waals surface area contributed by atoms with Crippen molar-refractivity contribution in [1.82, 2.24) is 0 Å². The summed E-state index contributed by atoms with van der Waals surface area (Å²) in [6.07, 6.45) is 4.57. The zero-order chi connectivity index (χ0) is 19.6. The van der Waals surface area contributed by atoms with Crippen molar-refractivity contribution < 1.29 is 0 Å². The number of hydrogen-bond acceptors (Lipinski definition) is 0. The van der Waals surface area contributed by atoms with Crippen LogP contribution >= 0.6 is 0 Å². The van der Waals surface area contributed by atoms with Crippen molar-refractivity contribution in [3.8, 4) is 33.4 Å². The van der Waals surface area contributed by atoms with Crippen LogP contribution in [0.5, 0.6) is 0 Å². The predicted octanol–water partition coefficient (Wildman–Crippen LogP) is 7.93. The molecule has 0 bridgehead atoms. The number of hydrogen-bond donors (Lipinski definition) is 0. The van der Waals surface area contributed by atoms with Crippen LogP contribution in [0, 0.1) is 0 Å². The molecule has 4 aromatic rings. The second-order valence-electron chi connectivity index (χ2n) is 7.98. The van der Waals surface area contributed by atoms with Crippen LogP contribution in [-0.2, 0) is 12.8 Å². The zero-order valence-corrected chi connectivity index (χ0v) is 17.0. The van der Waals surface area contributed by atoms with Gasteiger partial charge >= 0.3 is 0 Å². The minimum Gasteiger partial charge on any atom is -0.0654 e. The summed E-state index contributed by atoms with van der Waals surface area (Å²) in [5.41, 5.74) is 12.8. The number of fused-ring (bicyclic) bond motifs is 3. The SMILES string of the molecule is CCCCc1cc2c(c(-c3ccccc3)c1-c1ccccc1)Cc1ccccc1-2. The van der Waals surface area contributed by atoms with E-state index in [-0.39, 0.29) is 0 Å². The molecule has 1 aliphatic carbocycles. The van der Waals surface area contributed by atoms with Gasteiger partial charge in [0.2, 0.25) is 0 Å². The fraction of sp³-hybridized carbons (Fsp3) is 0.172. The summed E-state index contributed by atoms with van der Waals surface area (Å²) in [5.74, 6) is 0. The first kappa shape index (κ1) is 17.9. The van der Waals surface area contributed by atoms with Crippen LogP contribution in [0.15, 0.2) is 91.0 Å². The third-order valence-corrected chi connectivity index (χ3v) is 6.12. The van der Waals surface area contributed by atoms with Crippen LogP contribution in [0.25, 0.3) is 33.4 Å². The Labute approximate surface area is 173 Å². The van der Waals surface area contributed by atoms with Gasteiger partial charge in [-0.25, -0.2) is 0 Å². The number of benzene rings is 4. The van der Waals surface area contributed by atoms with Crippen molar-refractivity contribution >= 4 is 0 Å². The molecule has 142 valence electrons. The molecule has 0 unspecified atom stereocenters. The van der Waals surface area contributed by atoms with Crippen molar-refractivity contribution in [2.75, 3.05) is 0 Å². The molecule has 0 heterocycles. The Hall–Kier alpha value is -3.12. The molecule has 1 aliphatic rings. The van der Waals surface area contributed by atoms with Crippen LogP contribution in [0.4, 0.5) is 0 Å². The van der Waals surface area contributed by atoms with Gasteiger partial charge in [0, 0.05) is 0 Å². The minimum atomic E-state index is 1.02. The van der Waals surface area contributed by atoms with Gasteiger partial charge in [-0.05, 0) is 69.3 Å². The van der Waals surface area contributed by atoms with Gasteiger partial charge in [-0.2, -0.15) is 0 Å². The Morgan fingerprint density at radius 3 is 1.97 bits per heavy atom. The maximum absolute atomic E-state index is 2.49. The highest BCUT2D eigenvalue weighted by molar-refractivity contribution is 5.95. The first-order chi connectivity index (χ1) is 14.4. The van der Waals surface area contributed by atoms with Crippen LogP contribution in [0.1, 0.15) is 36.5 Å². The van der Waals surface area contributed by atoms with Crippen LogP contribution in [0.3, 0.4) is 0 Å². The average molecular weight is 375 g/mol. The summed E-state index contributed by atoms with van der Waals surface area (Å²) in [6.45, 7) is 2.28. The second kappa shape index (κ2) is 7.72. The van der Waals surface area contributed by atoms with Crippen LogP contribution in [-0.4, -0.2) is 0 Å². The van der Waals surface area contributed by atoms with Crippen LogP contribution < -0.4 is 0 Å². The van der Waals surface area contributed by atoms with E-state index >= 15 is 0 Å². The van der Waals surface area contributed by atoms with E-state index < -0.39 is 0 Å². The van der Waals surface area contributed by atoms with Crippen molar-refractivity contribution in [3.63, 3.8) is 0 Å². The van der Waals surface area contributed by atoms with Gasteiger partial charge in [-0.15, -0.1) is 0 Å². The zero-order valence-electron chi connectivity index (χ0n) is 17.0. The second-order valence-corrected chi connectivity index (χ2v) is 7.98. The fourth-order valence-electron chi connectivity index (χ4n) is 4.75. The fourth-order valence-corrected chi connectivity index (χ4v) is 4.75. The van der Waals surface area contributed by atoms with Gasteiger partial charge in [-0.1, -0.05) is 104 Å². The Morgan fingerprint density at radius 2 is 1.28 bits per heavy atom. The lowest BCUT2D eigenvalue weighted by atomic mass is 9.83. The molecule has 0 nitrogen and oxygen atoms in total. The molecule has 0 fully saturated rings. The number of rotatable bonds is 5. The molecule has 0 radical (unpaired) electrons. The smallest absolute Gasteiger partial charge is 0.000706 e. The molecular weight excluding hydrogens is 348 g/mol. The normalized spacial score (nSPS) is 11.9.